The number of nitrogens with one attached hydrogen (secondary N) is 1. The Morgan fingerprint density at radius 2 is 1.59 bits per heavy atom. The van der Waals surface area contributed by atoms with Gasteiger partial charge < -0.3 is 4.74 Å². The molecule has 0 aliphatic carbocycles. The van der Waals surface area contributed by atoms with Gasteiger partial charge in [0.1, 0.15) is 0 Å². The van der Waals surface area contributed by atoms with Gasteiger partial charge in [0.15, 0.2) is 12.4 Å². The number of nitrogens with zero attached hydrogens (tertiary/aromatic N) is 1. The van der Waals surface area contributed by atoms with Crippen LogP contribution in [-0.4, -0.2) is 34.6 Å². The smallest absolute Gasteiger partial charge is 0.425 e. The highest BCUT2D eigenvalue weighted by atomic mass is 16.6. The highest BCUT2D eigenvalue weighted by molar-refractivity contribution is 5.97. The summed E-state index contributed by atoms with van der Waals surface area (Å²) < 4.78 is 5.17. The van der Waals surface area contributed by atoms with Crippen molar-refractivity contribution < 1.29 is 14.3 Å². The summed E-state index contributed by atoms with van der Waals surface area (Å²) >= 11 is 0. The Morgan fingerprint density at radius 3 is 2.05 bits per heavy atom. The van der Waals surface area contributed by atoms with Crippen molar-refractivity contribution in [3.05, 3.63) is 35.9 Å². The molecule has 0 saturated heterocycles. The minimum Gasteiger partial charge on any atom is -0.440 e. The minimum atomic E-state index is -0.563. The van der Waals surface area contributed by atoms with Gasteiger partial charge in [-0.05, 0) is 41.5 Å². The predicted molar refractivity (Wildman–Crippen MR) is 86.6 cm³/mol. The van der Waals surface area contributed by atoms with Crippen molar-refractivity contribution in [3.63, 3.8) is 0 Å². The van der Waals surface area contributed by atoms with Crippen LogP contribution < -0.4 is 5.43 Å². The van der Waals surface area contributed by atoms with Crippen molar-refractivity contribution in [1.82, 2.24) is 10.4 Å². The van der Waals surface area contributed by atoms with Crippen LogP contribution in [0.1, 0.15) is 51.9 Å². The minimum absolute atomic E-state index is 0.224. The fourth-order valence-corrected chi connectivity index (χ4v) is 1.72. The van der Waals surface area contributed by atoms with Crippen molar-refractivity contribution in [3.8, 4) is 0 Å². The second-order valence-corrected chi connectivity index (χ2v) is 7.21. The monoisotopic (exact) mass is 306 g/mol. The zero-order valence-corrected chi connectivity index (χ0v) is 14.3. The number of hydrazine groups is 1. The zero-order chi connectivity index (χ0) is 17.0. The van der Waals surface area contributed by atoms with Crippen molar-refractivity contribution in [2.24, 2.45) is 0 Å². The molecule has 22 heavy (non-hydrogen) atoms. The zero-order valence-electron chi connectivity index (χ0n) is 14.3. The Bertz CT molecular complexity index is 513. The van der Waals surface area contributed by atoms with Gasteiger partial charge in [-0.25, -0.2) is 15.2 Å². The third-order valence-corrected chi connectivity index (χ3v) is 2.72. The lowest BCUT2D eigenvalue weighted by Gasteiger charge is -2.39. The second-order valence-electron chi connectivity index (χ2n) is 7.21. The highest BCUT2D eigenvalue weighted by Crippen LogP contribution is 2.15. The maximum atomic E-state index is 12.3. The summed E-state index contributed by atoms with van der Waals surface area (Å²) in [5.41, 5.74) is 2.87. The van der Waals surface area contributed by atoms with Gasteiger partial charge in [-0.3, -0.25) is 4.79 Å². The molecule has 0 fully saturated rings. The van der Waals surface area contributed by atoms with E-state index < -0.39 is 11.6 Å². The summed E-state index contributed by atoms with van der Waals surface area (Å²) in [5.74, 6) is -0.224. The summed E-state index contributed by atoms with van der Waals surface area (Å²) in [6.07, 6.45) is -0.563. The first-order chi connectivity index (χ1) is 10.0. The molecule has 0 aromatic heterocycles. The normalized spacial score (nSPS) is 11.9. The Hall–Kier alpha value is -1.88. The summed E-state index contributed by atoms with van der Waals surface area (Å²) in [6.45, 7) is 11.3. The van der Waals surface area contributed by atoms with E-state index in [9.17, 15) is 9.59 Å². The number of Topliss-reactive ketones (excluding diaryl/α,β-unsaturated/α-hetero) is 1. The van der Waals surface area contributed by atoms with Crippen LogP contribution in [0.5, 0.6) is 0 Å². The molecule has 0 heterocycles. The first kappa shape index (κ1) is 18.2. The van der Waals surface area contributed by atoms with E-state index in [-0.39, 0.29) is 17.9 Å². The quantitative estimate of drug-likeness (QED) is 0.684. The molecular formula is C17H26N2O3. The molecule has 0 aliphatic heterocycles. The molecule has 0 saturated carbocycles. The fourth-order valence-electron chi connectivity index (χ4n) is 1.72. The largest absolute Gasteiger partial charge is 0.440 e. The first-order valence-corrected chi connectivity index (χ1v) is 7.34. The fraction of sp³-hybridized carbons (Fsp3) is 0.529. The van der Waals surface area contributed by atoms with Crippen LogP contribution in [0, 0.1) is 0 Å². The van der Waals surface area contributed by atoms with Gasteiger partial charge in [-0.15, -0.1) is 0 Å². The van der Waals surface area contributed by atoms with Crippen molar-refractivity contribution in [1.29, 1.82) is 0 Å². The second kappa shape index (κ2) is 6.92. The van der Waals surface area contributed by atoms with E-state index in [1.807, 2.05) is 47.6 Å². The molecule has 1 rings (SSSR count). The molecule has 0 unspecified atom stereocenters. The Balaban J connectivity index is 2.70. The molecule has 5 nitrogen and oxygen atoms in total. The molecule has 0 atom stereocenters. The van der Waals surface area contributed by atoms with Gasteiger partial charge in [0.2, 0.25) is 0 Å². The van der Waals surface area contributed by atoms with Crippen LogP contribution >= 0.6 is 0 Å². The number of carbonyl (C=O) groups is 2. The lowest BCUT2D eigenvalue weighted by Crippen LogP contribution is -2.59. The maximum Gasteiger partial charge on any atom is 0.425 e. The van der Waals surface area contributed by atoms with Crippen LogP contribution in [0.4, 0.5) is 4.79 Å². The van der Waals surface area contributed by atoms with E-state index in [4.69, 9.17) is 4.74 Å². The molecule has 0 radical (unpaired) electrons. The molecule has 1 amide bonds. The number of ketones is 1. The topological polar surface area (TPSA) is 58.6 Å². The van der Waals surface area contributed by atoms with Crippen LogP contribution in [0.15, 0.2) is 30.3 Å². The number of amides is 1. The van der Waals surface area contributed by atoms with Crippen LogP contribution in [0.25, 0.3) is 0 Å². The molecule has 0 bridgehead atoms. The van der Waals surface area contributed by atoms with Crippen LogP contribution in [0.2, 0.25) is 0 Å². The Labute approximate surface area is 132 Å². The van der Waals surface area contributed by atoms with Gasteiger partial charge in [0, 0.05) is 11.1 Å². The Morgan fingerprint density at radius 1 is 1.05 bits per heavy atom. The number of hydrogen-bond donors (Lipinski definition) is 1. The molecule has 0 aliphatic rings. The number of benzene rings is 1. The number of ether oxygens (including phenoxy) is 1. The lowest BCUT2D eigenvalue weighted by molar-refractivity contribution is 0.0186. The summed E-state index contributed by atoms with van der Waals surface area (Å²) in [5, 5.41) is 1.42. The van der Waals surface area contributed by atoms with Crippen molar-refractivity contribution in [2.45, 2.75) is 52.6 Å². The molecule has 122 valence electrons. The predicted octanol–water partition coefficient (Wildman–Crippen LogP) is 3.41. The number of carbonyl (C=O) groups excluding carboxylic acids is 2. The summed E-state index contributed by atoms with van der Waals surface area (Å²) in [4.78, 5) is 24.3. The Kier molecular flexibility index (Phi) is 5.72. The van der Waals surface area contributed by atoms with E-state index in [1.54, 1.807) is 24.3 Å². The summed E-state index contributed by atoms with van der Waals surface area (Å²) in [7, 11) is 0. The van der Waals surface area contributed by atoms with Gasteiger partial charge in [0.25, 0.3) is 0 Å². The van der Waals surface area contributed by atoms with E-state index >= 15 is 0 Å². The van der Waals surface area contributed by atoms with E-state index in [0.717, 1.165) is 0 Å². The van der Waals surface area contributed by atoms with Gasteiger partial charge in [-0.2, -0.15) is 0 Å². The highest BCUT2D eigenvalue weighted by Gasteiger charge is 2.31. The standard InChI is InChI=1S/C17H26N2O3/c1-16(2,3)18-19(17(4,5)6)15(21)22-12-14(20)13-10-8-7-9-11-13/h7-11,18H,12H2,1-6H3. The SMILES string of the molecule is CC(C)(C)NN(C(=O)OCC(=O)c1ccccc1)C(C)(C)C. The van der Waals surface area contributed by atoms with Crippen molar-refractivity contribution >= 4 is 11.9 Å². The third-order valence-electron chi connectivity index (χ3n) is 2.72. The van der Waals surface area contributed by atoms with Gasteiger partial charge in [0.05, 0.1) is 5.54 Å². The molecule has 1 N–H and O–H groups in total. The maximum absolute atomic E-state index is 12.3. The van der Waals surface area contributed by atoms with E-state index in [2.05, 4.69) is 5.43 Å². The molecule has 1 aromatic rings. The first-order valence-electron chi connectivity index (χ1n) is 7.34. The average Bonchev–Trinajstić information content (AvgIpc) is 2.40. The van der Waals surface area contributed by atoms with Crippen LogP contribution in [-0.2, 0) is 4.74 Å². The molecular weight excluding hydrogens is 280 g/mol. The number of hydrogen-bond acceptors (Lipinski definition) is 4. The number of rotatable bonds is 4. The van der Waals surface area contributed by atoms with Gasteiger partial charge in [-0.1, -0.05) is 30.3 Å². The van der Waals surface area contributed by atoms with E-state index in [1.165, 1.54) is 5.01 Å². The lowest BCUT2D eigenvalue weighted by atomic mass is 10.1. The third kappa shape index (κ3) is 5.85. The molecule has 5 heteroatoms. The van der Waals surface area contributed by atoms with Gasteiger partial charge >= 0.3 is 6.09 Å². The van der Waals surface area contributed by atoms with Crippen LogP contribution in [0.3, 0.4) is 0 Å². The summed E-state index contributed by atoms with van der Waals surface area (Å²) in [6, 6.07) is 8.78. The average molecular weight is 306 g/mol. The van der Waals surface area contributed by atoms with E-state index in [0.29, 0.717) is 5.56 Å². The van der Waals surface area contributed by atoms with Crippen molar-refractivity contribution in [2.75, 3.05) is 6.61 Å². The molecule has 0 spiro atoms. The molecule has 1 aromatic carbocycles.